The molecule has 1 fully saturated rings. The van der Waals surface area contributed by atoms with Crippen LogP contribution in [0, 0.1) is 11.8 Å². The van der Waals surface area contributed by atoms with Gasteiger partial charge in [-0.3, -0.25) is 0 Å². The van der Waals surface area contributed by atoms with Crippen molar-refractivity contribution in [2.24, 2.45) is 11.8 Å². The van der Waals surface area contributed by atoms with Crippen LogP contribution in [0.3, 0.4) is 0 Å². The van der Waals surface area contributed by atoms with Crippen LogP contribution in [-0.2, 0) is 0 Å². The zero-order chi connectivity index (χ0) is 10.6. The molecule has 0 aromatic rings. The first kappa shape index (κ1) is 11.9. The van der Waals surface area contributed by atoms with Crippen molar-refractivity contribution in [1.82, 2.24) is 0 Å². The van der Waals surface area contributed by atoms with Gasteiger partial charge >= 0.3 is 0 Å². The maximum atomic E-state index is 13.4. The molecule has 3 heteroatoms. The fourth-order valence-electron chi connectivity index (χ4n) is 2.35. The third-order valence-corrected chi connectivity index (χ3v) is 3.47. The zero-order valence-corrected chi connectivity index (χ0v) is 8.81. The summed E-state index contributed by atoms with van der Waals surface area (Å²) in [5, 5.41) is 8.55. The van der Waals surface area contributed by atoms with Crippen molar-refractivity contribution in [3.8, 4) is 0 Å². The summed E-state index contributed by atoms with van der Waals surface area (Å²) in [5.41, 5.74) is 0. The second kappa shape index (κ2) is 5.06. The topological polar surface area (TPSA) is 20.2 Å². The van der Waals surface area contributed by atoms with Crippen LogP contribution < -0.4 is 0 Å². The molecule has 0 saturated heterocycles. The molecule has 1 nitrogen and oxygen atoms in total. The minimum absolute atomic E-state index is 0.367. The molecule has 0 radical (unpaired) electrons. The Morgan fingerprint density at radius 3 is 2.21 bits per heavy atom. The van der Waals surface area contributed by atoms with Crippen molar-refractivity contribution in [3.05, 3.63) is 0 Å². The lowest BCUT2D eigenvalue weighted by Gasteiger charge is -2.33. The molecule has 0 atom stereocenters. The number of aliphatic hydroxyl groups excluding tert-OH is 1. The number of alkyl halides is 2. The van der Waals surface area contributed by atoms with E-state index in [9.17, 15) is 8.78 Å². The van der Waals surface area contributed by atoms with Crippen molar-refractivity contribution in [3.63, 3.8) is 0 Å². The minimum Gasteiger partial charge on any atom is -0.396 e. The van der Waals surface area contributed by atoms with Gasteiger partial charge in [0, 0.05) is 18.9 Å². The lowest BCUT2D eigenvalue weighted by molar-refractivity contribution is -0.0896. The van der Waals surface area contributed by atoms with Crippen LogP contribution in [0.15, 0.2) is 0 Å². The molecule has 0 heterocycles. The van der Waals surface area contributed by atoms with E-state index < -0.39 is 18.4 Å². The summed E-state index contributed by atoms with van der Waals surface area (Å²) in [5.74, 6) is -2.48. The van der Waals surface area contributed by atoms with Gasteiger partial charge in [0.1, 0.15) is 0 Å². The molecule has 1 rings (SSSR count). The summed E-state index contributed by atoms with van der Waals surface area (Å²) < 4.78 is 26.8. The lowest BCUT2D eigenvalue weighted by atomic mass is 9.77. The molecule has 0 aliphatic heterocycles. The van der Waals surface area contributed by atoms with Gasteiger partial charge in [0.2, 0.25) is 0 Å². The van der Waals surface area contributed by atoms with Gasteiger partial charge in [-0.2, -0.15) is 0 Å². The Labute approximate surface area is 84.5 Å². The summed E-state index contributed by atoms with van der Waals surface area (Å²) in [6.45, 7) is 1.72. The van der Waals surface area contributed by atoms with Gasteiger partial charge in [-0.15, -0.1) is 0 Å². The van der Waals surface area contributed by atoms with Gasteiger partial charge in [-0.25, -0.2) is 8.78 Å². The maximum Gasteiger partial charge on any atom is 0.253 e. The second-order valence-corrected chi connectivity index (χ2v) is 4.36. The van der Waals surface area contributed by atoms with Gasteiger partial charge < -0.3 is 5.11 Å². The standard InChI is InChI=1S/C11H20F2O/c1-2-9-3-5-10(6-4-9)11(12,13)7-8-14/h9-10,14H,2-8H2,1H3. The summed E-state index contributed by atoms with van der Waals surface area (Å²) in [7, 11) is 0. The number of hydrogen-bond acceptors (Lipinski definition) is 1. The first-order chi connectivity index (χ1) is 6.60. The number of hydrogen-bond donors (Lipinski definition) is 1. The van der Waals surface area contributed by atoms with E-state index in [1.54, 1.807) is 0 Å². The normalized spacial score (nSPS) is 29.1. The van der Waals surface area contributed by atoms with E-state index in [4.69, 9.17) is 5.11 Å². The van der Waals surface area contributed by atoms with E-state index in [0.29, 0.717) is 18.8 Å². The molecule has 0 unspecified atom stereocenters. The Hall–Kier alpha value is -0.180. The summed E-state index contributed by atoms with van der Waals surface area (Å²) in [6.07, 6.45) is 3.87. The van der Waals surface area contributed by atoms with E-state index in [0.717, 1.165) is 19.3 Å². The average Bonchev–Trinajstić information content (AvgIpc) is 2.18. The fourth-order valence-corrected chi connectivity index (χ4v) is 2.35. The first-order valence-electron chi connectivity index (χ1n) is 5.58. The molecule has 0 aromatic heterocycles. The summed E-state index contributed by atoms with van der Waals surface area (Å²) in [4.78, 5) is 0. The summed E-state index contributed by atoms with van der Waals surface area (Å²) in [6, 6.07) is 0. The Bertz CT molecular complexity index is 163. The van der Waals surface area contributed by atoms with Gasteiger partial charge in [0.25, 0.3) is 5.92 Å². The molecular formula is C11H20F2O. The van der Waals surface area contributed by atoms with Crippen molar-refractivity contribution in [2.75, 3.05) is 6.61 Å². The summed E-state index contributed by atoms with van der Waals surface area (Å²) >= 11 is 0. The number of halogens is 2. The average molecular weight is 206 g/mol. The monoisotopic (exact) mass is 206 g/mol. The maximum absolute atomic E-state index is 13.4. The molecule has 1 N–H and O–H groups in total. The largest absolute Gasteiger partial charge is 0.396 e. The van der Waals surface area contributed by atoms with Crippen molar-refractivity contribution >= 4 is 0 Å². The molecule has 0 amide bonds. The molecule has 1 aliphatic rings. The van der Waals surface area contributed by atoms with E-state index in [1.165, 1.54) is 0 Å². The van der Waals surface area contributed by atoms with Crippen LogP contribution >= 0.6 is 0 Å². The highest BCUT2D eigenvalue weighted by Gasteiger charge is 2.40. The second-order valence-electron chi connectivity index (χ2n) is 4.36. The van der Waals surface area contributed by atoms with E-state index in [-0.39, 0.29) is 6.42 Å². The Balaban J connectivity index is 2.40. The van der Waals surface area contributed by atoms with Crippen LogP contribution in [0.2, 0.25) is 0 Å². The van der Waals surface area contributed by atoms with Crippen LogP contribution in [0.4, 0.5) is 8.78 Å². The molecule has 1 saturated carbocycles. The number of rotatable bonds is 4. The van der Waals surface area contributed by atoms with Gasteiger partial charge in [0.15, 0.2) is 0 Å². The van der Waals surface area contributed by atoms with E-state index >= 15 is 0 Å². The van der Waals surface area contributed by atoms with Gasteiger partial charge in [-0.1, -0.05) is 13.3 Å². The molecule has 84 valence electrons. The highest BCUT2D eigenvalue weighted by molar-refractivity contribution is 4.82. The molecule has 0 spiro atoms. The molecule has 14 heavy (non-hydrogen) atoms. The zero-order valence-electron chi connectivity index (χ0n) is 8.81. The minimum atomic E-state index is -2.65. The third kappa shape index (κ3) is 2.91. The van der Waals surface area contributed by atoms with Crippen molar-refractivity contribution < 1.29 is 13.9 Å². The highest BCUT2D eigenvalue weighted by Crippen LogP contribution is 2.41. The van der Waals surface area contributed by atoms with Crippen molar-refractivity contribution in [1.29, 1.82) is 0 Å². The fraction of sp³-hybridized carbons (Fsp3) is 1.00. The van der Waals surface area contributed by atoms with Crippen LogP contribution in [0.25, 0.3) is 0 Å². The van der Waals surface area contributed by atoms with E-state index in [2.05, 4.69) is 6.92 Å². The Kier molecular flexibility index (Phi) is 4.30. The van der Waals surface area contributed by atoms with Gasteiger partial charge in [0.05, 0.1) is 0 Å². The van der Waals surface area contributed by atoms with Crippen molar-refractivity contribution in [2.45, 2.75) is 51.4 Å². The number of aliphatic hydroxyl groups is 1. The quantitative estimate of drug-likeness (QED) is 0.748. The molecular weight excluding hydrogens is 186 g/mol. The predicted octanol–water partition coefficient (Wildman–Crippen LogP) is 3.22. The molecule has 1 aliphatic carbocycles. The Morgan fingerprint density at radius 2 is 1.79 bits per heavy atom. The SMILES string of the molecule is CCC1CCC(C(F)(F)CCO)CC1. The van der Waals surface area contributed by atoms with Crippen LogP contribution in [-0.4, -0.2) is 17.6 Å². The molecule has 0 aromatic carbocycles. The highest BCUT2D eigenvalue weighted by atomic mass is 19.3. The first-order valence-corrected chi connectivity index (χ1v) is 5.58. The molecule has 0 bridgehead atoms. The third-order valence-electron chi connectivity index (χ3n) is 3.47. The van der Waals surface area contributed by atoms with E-state index in [1.807, 2.05) is 0 Å². The smallest absolute Gasteiger partial charge is 0.253 e. The predicted molar refractivity (Wildman–Crippen MR) is 52.4 cm³/mol. The van der Waals surface area contributed by atoms with Crippen LogP contribution in [0.1, 0.15) is 45.4 Å². The lowest BCUT2D eigenvalue weighted by Crippen LogP contribution is -2.32. The Morgan fingerprint density at radius 1 is 1.21 bits per heavy atom. The van der Waals surface area contributed by atoms with Gasteiger partial charge in [-0.05, 0) is 31.6 Å². The van der Waals surface area contributed by atoms with Crippen LogP contribution in [0.5, 0.6) is 0 Å².